The number of rotatable bonds is 8. The van der Waals surface area contributed by atoms with Gasteiger partial charge in [-0.1, -0.05) is 68.1 Å². The van der Waals surface area contributed by atoms with Crippen LogP contribution in [0.25, 0.3) is 11.3 Å². The molecule has 1 N–H and O–H groups in total. The molecule has 1 fully saturated rings. The highest BCUT2D eigenvalue weighted by atomic mass is 32.1. The van der Waals surface area contributed by atoms with Crippen LogP contribution in [-0.4, -0.2) is 21.4 Å². The fourth-order valence-electron chi connectivity index (χ4n) is 4.79. The summed E-state index contributed by atoms with van der Waals surface area (Å²) >= 11 is 3.53. The fraction of sp³-hybridized carbons (Fsp3) is 0.310. The lowest BCUT2D eigenvalue weighted by atomic mass is 9.82. The van der Waals surface area contributed by atoms with E-state index < -0.39 is 0 Å². The van der Waals surface area contributed by atoms with Crippen molar-refractivity contribution < 1.29 is 4.74 Å². The second-order valence-electron chi connectivity index (χ2n) is 8.71. The van der Waals surface area contributed by atoms with Crippen molar-refractivity contribution in [2.45, 2.75) is 44.6 Å². The first-order valence-corrected chi connectivity index (χ1v) is 12.9. The van der Waals surface area contributed by atoms with Crippen molar-refractivity contribution >= 4 is 12.6 Å². The highest BCUT2D eigenvalue weighted by Gasteiger charge is 2.23. The van der Waals surface area contributed by atoms with E-state index in [0.29, 0.717) is 12.5 Å². The van der Waals surface area contributed by atoms with E-state index in [0.717, 1.165) is 23.1 Å². The van der Waals surface area contributed by atoms with Crippen LogP contribution in [0.2, 0.25) is 0 Å². The second-order valence-corrected chi connectivity index (χ2v) is 8.71. The van der Waals surface area contributed by atoms with Gasteiger partial charge in [0, 0.05) is 18.3 Å². The van der Waals surface area contributed by atoms with E-state index in [1.807, 2.05) is 24.3 Å². The Balaban J connectivity index is 0.00000133. The molecule has 4 aromatic rings. The smallest absolute Gasteiger partial charge is 0.130 e. The largest absolute Gasteiger partial charge is 0.487 e. The monoisotopic (exact) mass is 471 g/mol. The summed E-state index contributed by atoms with van der Waals surface area (Å²) in [4.78, 5) is 4.33. The average Bonchev–Trinajstić information content (AvgIpc) is 3.63. The summed E-state index contributed by atoms with van der Waals surface area (Å²) in [6, 6.07) is 25.5. The van der Waals surface area contributed by atoms with E-state index in [1.54, 1.807) is 18.6 Å². The van der Waals surface area contributed by atoms with Gasteiger partial charge in [-0.25, -0.2) is 0 Å². The Bertz CT molecular complexity index is 1090. The van der Waals surface area contributed by atoms with Crippen LogP contribution in [-0.2, 0) is 6.61 Å². The molecular formula is C29H33N3OS. The van der Waals surface area contributed by atoms with Crippen LogP contribution in [0.3, 0.4) is 0 Å². The van der Waals surface area contributed by atoms with Gasteiger partial charge in [-0.2, -0.15) is 17.7 Å². The van der Waals surface area contributed by atoms with Crippen LogP contribution in [0.1, 0.15) is 54.8 Å². The van der Waals surface area contributed by atoms with E-state index in [-0.39, 0.29) is 0 Å². The van der Waals surface area contributed by atoms with Gasteiger partial charge < -0.3 is 4.74 Å². The summed E-state index contributed by atoms with van der Waals surface area (Å²) in [7, 11) is 0. The van der Waals surface area contributed by atoms with Gasteiger partial charge in [0.25, 0.3) is 0 Å². The molecule has 1 aliphatic carbocycles. The van der Waals surface area contributed by atoms with Crippen molar-refractivity contribution in [3.05, 3.63) is 102 Å². The zero-order valence-corrected chi connectivity index (χ0v) is 20.6. The normalized spacial score (nSPS) is 14.3. The molecule has 5 heteroatoms. The number of aromatic nitrogens is 3. The predicted octanol–water partition coefficient (Wildman–Crippen LogP) is 7.31. The number of ether oxygens (including phenoxy) is 1. The Morgan fingerprint density at radius 3 is 2.21 bits per heavy atom. The van der Waals surface area contributed by atoms with Crippen LogP contribution >= 0.6 is 12.6 Å². The first kappa shape index (κ1) is 24.1. The number of benzene rings is 2. The molecule has 34 heavy (non-hydrogen) atoms. The Labute approximate surface area is 208 Å². The van der Waals surface area contributed by atoms with Gasteiger partial charge >= 0.3 is 0 Å². The SMILES string of the molecule is CS.c1ccc(COc2ccc([C@H](CC3CCCC3)c3ccc(-c4ccn[nH]4)cc3)cc2)nc1. The summed E-state index contributed by atoms with van der Waals surface area (Å²) < 4.78 is 5.95. The van der Waals surface area contributed by atoms with Crippen molar-refractivity contribution in [1.82, 2.24) is 15.2 Å². The molecule has 0 radical (unpaired) electrons. The van der Waals surface area contributed by atoms with Crippen molar-refractivity contribution in [2.75, 3.05) is 6.26 Å². The van der Waals surface area contributed by atoms with Gasteiger partial charge in [0.05, 0.1) is 11.4 Å². The third kappa shape index (κ3) is 6.29. The number of aromatic amines is 1. The molecule has 4 nitrogen and oxygen atoms in total. The lowest BCUT2D eigenvalue weighted by molar-refractivity contribution is 0.301. The third-order valence-electron chi connectivity index (χ3n) is 6.56. The van der Waals surface area contributed by atoms with E-state index in [4.69, 9.17) is 4.74 Å². The number of thiol groups is 1. The number of hydrogen-bond donors (Lipinski definition) is 2. The van der Waals surface area contributed by atoms with Gasteiger partial charge in [0.1, 0.15) is 12.4 Å². The third-order valence-corrected chi connectivity index (χ3v) is 6.56. The average molecular weight is 472 g/mol. The lowest BCUT2D eigenvalue weighted by Gasteiger charge is -2.22. The van der Waals surface area contributed by atoms with Crippen LogP contribution in [0.5, 0.6) is 5.75 Å². The minimum Gasteiger partial charge on any atom is -0.487 e. The van der Waals surface area contributed by atoms with Crippen LogP contribution in [0.15, 0.2) is 85.2 Å². The molecule has 1 aliphatic rings. The quantitative estimate of drug-likeness (QED) is 0.265. The maximum absolute atomic E-state index is 5.95. The Morgan fingerprint density at radius 1 is 0.882 bits per heavy atom. The van der Waals surface area contributed by atoms with Crippen LogP contribution in [0.4, 0.5) is 0 Å². The molecule has 1 saturated carbocycles. The molecule has 0 spiro atoms. The molecule has 0 bridgehead atoms. The zero-order chi connectivity index (χ0) is 23.6. The van der Waals surface area contributed by atoms with Crippen molar-refractivity contribution in [2.24, 2.45) is 5.92 Å². The molecule has 176 valence electrons. The molecule has 2 aromatic carbocycles. The highest BCUT2D eigenvalue weighted by molar-refractivity contribution is 7.79. The van der Waals surface area contributed by atoms with E-state index >= 15 is 0 Å². The van der Waals surface area contributed by atoms with Gasteiger partial charge in [-0.3, -0.25) is 10.1 Å². The highest BCUT2D eigenvalue weighted by Crippen LogP contribution is 2.38. The Hall–Kier alpha value is -3.05. The van der Waals surface area contributed by atoms with Crippen LogP contribution < -0.4 is 4.74 Å². The lowest BCUT2D eigenvalue weighted by Crippen LogP contribution is -2.07. The number of nitrogens with one attached hydrogen (secondary N) is 1. The molecule has 5 rings (SSSR count). The summed E-state index contributed by atoms with van der Waals surface area (Å²) in [5.41, 5.74) is 5.90. The first-order valence-electron chi connectivity index (χ1n) is 12.0. The second kappa shape index (κ2) is 12.4. The summed E-state index contributed by atoms with van der Waals surface area (Å²) in [6.07, 6.45) is 11.9. The number of hydrogen-bond acceptors (Lipinski definition) is 4. The maximum atomic E-state index is 5.95. The Morgan fingerprint density at radius 2 is 1.59 bits per heavy atom. The van der Waals surface area contributed by atoms with Gasteiger partial charge in [0.2, 0.25) is 0 Å². The topological polar surface area (TPSA) is 50.8 Å². The number of pyridine rings is 1. The van der Waals surface area contributed by atoms with Gasteiger partial charge in [-0.15, -0.1) is 0 Å². The summed E-state index contributed by atoms with van der Waals surface area (Å²) in [5.74, 6) is 2.10. The maximum Gasteiger partial charge on any atom is 0.130 e. The molecule has 1 atom stereocenters. The standard InChI is InChI=1S/C28H29N3O.CH4S/c1-2-6-21(5-1)19-27(22-8-10-24(11-9-22)28-16-18-30-31-28)23-12-14-26(15-13-23)32-20-25-7-3-4-17-29-25;1-2/h3-4,7-18,21,27H,1-2,5-6,19-20H2,(H,30,31);2H,1H3/t27-;/m1./s1. The molecule has 2 heterocycles. The molecule has 0 unspecified atom stereocenters. The van der Waals surface area contributed by atoms with Crippen LogP contribution in [0, 0.1) is 5.92 Å². The van der Waals surface area contributed by atoms with Crippen molar-refractivity contribution in [1.29, 1.82) is 0 Å². The van der Waals surface area contributed by atoms with E-state index in [9.17, 15) is 0 Å². The molecule has 0 aliphatic heterocycles. The van der Waals surface area contributed by atoms with E-state index in [1.165, 1.54) is 48.8 Å². The van der Waals surface area contributed by atoms with Gasteiger partial charge in [-0.05, 0) is 65.6 Å². The van der Waals surface area contributed by atoms with Crippen molar-refractivity contribution in [3.63, 3.8) is 0 Å². The van der Waals surface area contributed by atoms with Crippen molar-refractivity contribution in [3.8, 4) is 17.0 Å². The summed E-state index contributed by atoms with van der Waals surface area (Å²) in [5, 5.41) is 7.13. The Kier molecular flexibility index (Phi) is 8.80. The molecular weight excluding hydrogens is 438 g/mol. The zero-order valence-electron chi connectivity index (χ0n) is 19.7. The molecule has 0 saturated heterocycles. The van der Waals surface area contributed by atoms with E-state index in [2.05, 4.69) is 76.3 Å². The molecule has 2 aromatic heterocycles. The summed E-state index contributed by atoms with van der Waals surface area (Å²) in [6.45, 7) is 0.487. The predicted molar refractivity (Wildman–Crippen MR) is 142 cm³/mol. The minimum atomic E-state index is 0.402. The van der Waals surface area contributed by atoms with Gasteiger partial charge in [0.15, 0.2) is 0 Å². The molecule has 0 amide bonds. The number of nitrogens with zero attached hydrogens (tertiary/aromatic N) is 2. The fourth-order valence-corrected chi connectivity index (χ4v) is 4.79. The first-order chi connectivity index (χ1) is 16.8. The minimum absolute atomic E-state index is 0.402. The number of H-pyrrole nitrogens is 1.